The lowest BCUT2D eigenvalue weighted by molar-refractivity contribution is -0.137. The molecule has 16 heteroatoms. The molecule has 0 saturated heterocycles. The first-order valence-electron chi connectivity index (χ1n) is 12.9. The molecular weight excluding hydrogens is 634 g/mol. The highest BCUT2D eigenvalue weighted by atomic mass is 35.5. The summed E-state index contributed by atoms with van der Waals surface area (Å²) in [6, 6.07) is 8.09. The number of hydrogen-bond donors (Lipinski definition) is 4. The number of anilines is 3. The van der Waals surface area contributed by atoms with Gasteiger partial charge in [-0.3, -0.25) is 9.59 Å². The molecule has 0 fully saturated rings. The van der Waals surface area contributed by atoms with Crippen molar-refractivity contribution < 1.29 is 36.3 Å². The molecule has 0 spiro atoms. The van der Waals surface area contributed by atoms with Crippen molar-refractivity contribution in [2.24, 2.45) is 5.41 Å². The lowest BCUT2D eigenvalue weighted by Gasteiger charge is -2.18. The summed E-state index contributed by atoms with van der Waals surface area (Å²) in [5, 5.41) is 8.53. The molecule has 4 rings (SSSR count). The molecule has 44 heavy (non-hydrogen) atoms. The highest BCUT2D eigenvalue weighted by Gasteiger charge is 2.30. The van der Waals surface area contributed by atoms with Crippen molar-refractivity contribution in [2.75, 3.05) is 17.2 Å². The molecule has 2 aromatic heterocycles. The van der Waals surface area contributed by atoms with Gasteiger partial charge in [0.1, 0.15) is 5.56 Å². The number of alkyl halides is 5. The molecule has 4 N–H and O–H groups in total. The summed E-state index contributed by atoms with van der Waals surface area (Å²) in [6.45, 7) is 4.33. The molecule has 0 unspecified atom stereocenters. The van der Waals surface area contributed by atoms with Crippen LogP contribution < -0.4 is 20.7 Å². The summed E-state index contributed by atoms with van der Waals surface area (Å²) in [6.07, 6.45) is -7.46. The van der Waals surface area contributed by atoms with Gasteiger partial charge in [-0.15, -0.1) is 0 Å². The predicted octanol–water partition coefficient (Wildman–Crippen LogP) is 7.59. The number of pyridine rings is 1. The van der Waals surface area contributed by atoms with Crippen LogP contribution in [0.25, 0.3) is 11.2 Å². The van der Waals surface area contributed by atoms with Gasteiger partial charge in [-0.1, -0.05) is 50.0 Å². The first-order chi connectivity index (χ1) is 20.5. The number of aromatic nitrogens is 3. The van der Waals surface area contributed by atoms with Gasteiger partial charge in [-0.05, 0) is 42.0 Å². The van der Waals surface area contributed by atoms with Crippen molar-refractivity contribution in [2.45, 2.75) is 39.9 Å². The van der Waals surface area contributed by atoms with Crippen molar-refractivity contribution >= 4 is 63.5 Å². The number of nitrogens with zero attached hydrogens (tertiary/aromatic N) is 2. The Labute approximate surface area is 257 Å². The van der Waals surface area contributed by atoms with Crippen LogP contribution in [-0.4, -0.2) is 39.8 Å². The Hall–Kier alpha value is -4.17. The second kappa shape index (κ2) is 12.8. The van der Waals surface area contributed by atoms with E-state index in [0.717, 1.165) is 24.3 Å². The number of hydrogen-bond acceptors (Lipinski definition) is 6. The second-order valence-electron chi connectivity index (χ2n) is 10.5. The van der Waals surface area contributed by atoms with E-state index in [1.807, 2.05) is 0 Å². The molecule has 9 nitrogen and oxygen atoms in total. The molecule has 2 amide bonds. The number of halogens is 7. The average Bonchev–Trinajstić information content (AvgIpc) is 3.33. The van der Waals surface area contributed by atoms with E-state index in [1.165, 1.54) is 6.07 Å². The summed E-state index contributed by atoms with van der Waals surface area (Å²) in [5.41, 5.74) is -0.873. The van der Waals surface area contributed by atoms with E-state index >= 15 is 0 Å². The minimum absolute atomic E-state index is 0.0118. The van der Waals surface area contributed by atoms with Gasteiger partial charge in [-0.2, -0.15) is 23.1 Å². The van der Waals surface area contributed by atoms with E-state index in [-0.39, 0.29) is 56.5 Å². The number of carbonyl (C=O) groups is 2. The molecule has 4 aromatic rings. The standard InChI is InChI=1S/C28H25Cl2F5N6O3/c1-27(2,3)25(43)36-11-13-4-9-17(29)21(20(13)30)39-26-38-18-10-16(24(40-22(18)41-26)44-12-19(31)32)23(42)37-15-7-5-14(6-8-15)28(33,34)35/h4-10,19H,11-12H2,1-3H3,(H,36,43)(H,37,42)(H2,38,39,40,41). The van der Waals surface area contributed by atoms with Gasteiger partial charge in [0.15, 0.2) is 12.3 Å². The number of aromatic amines is 1. The Balaban J connectivity index is 1.62. The highest BCUT2D eigenvalue weighted by molar-refractivity contribution is 6.39. The second-order valence-corrected chi connectivity index (χ2v) is 11.3. The highest BCUT2D eigenvalue weighted by Crippen LogP contribution is 2.36. The number of fused-ring (bicyclic) bond motifs is 1. The normalized spacial score (nSPS) is 12.0. The van der Waals surface area contributed by atoms with Crippen LogP contribution in [0.1, 0.15) is 42.3 Å². The fraction of sp³-hybridized carbons (Fsp3) is 0.286. The van der Waals surface area contributed by atoms with Gasteiger partial charge in [0, 0.05) is 17.6 Å². The Kier molecular flexibility index (Phi) is 9.54. The van der Waals surface area contributed by atoms with Crippen molar-refractivity contribution in [3.05, 3.63) is 69.2 Å². The maximum Gasteiger partial charge on any atom is 0.416 e. The van der Waals surface area contributed by atoms with E-state index in [4.69, 9.17) is 27.9 Å². The van der Waals surface area contributed by atoms with E-state index in [0.29, 0.717) is 5.56 Å². The fourth-order valence-corrected chi connectivity index (χ4v) is 4.28. The van der Waals surface area contributed by atoms with Crippen LogP contribution in [0, 0.1) is 5.41 Å². The van der Waals surface area contributed by atoms with Crippen LogP contribution >= 0.6 is 23.2 Å². The van der Waals surface area contributed by atoms with Crippen LogP contribution in [0.15, 0.2) is 42.5 Å². The molecule has 0 atom stereocenters. The molecule has 2 heterocycles. The van der Waals surface area contributed by atoms with Gasteiger partial charge < -0.3 is 25.7 Å². The molecule has 0 aliphatic rings. The number of H-pyrrole nitrogens is 1. The minimum atomic E-state index is -4.57. The number of amides is 2. The van der Waals surface area contributed by atoms with Crippen LogP contribution in [-0.2, 0) is 17.5 Å². The van der Waals surface area contributed by atoms with Gasteiger partial charge in [0.25, 0.3) is 12.3 Å². The zero-order valence-electron chi connectivity index (χ0n) is 23.3. The van der Waals surface area contributed by atoms with Crippen molar-refractivity contribution in [1.29, 1.82) is 0 Å². The van der Waals surface area contributed by atoms with Crippen LogP contribution in [0.2, 0.25) is 10.0 Å². The lowest BCUT2D eigenvalue weighted by Crippen LogP contribution is -2.34. The van der Waals surface area contributed by atoms with Crippen molar-refractivity contribution in [3.8, 4) is 5.88 Å². The SMILES string of the molecule is CC(C)(C)C(=O)NCc1ccc(Cl)c(Nc2nc3nc(OCC(F)F)c(C(=O)Nc4ccc(C(F)(F)F)cc4)cc3[nH]2)c1Cl. The van der Waals surface area contributed by atoms with E-state index < -0.39 is 42.0 Å². The minimum Gasteiger partial charge on any atom is -0.471 e. The van der Waals surface area contributed by atoms with Gasteiger partial charge in [0.05, 0.1) is 26.8 Å². The summed E-state index contributed by atoms with van der Waals surface area (Å²) in [4.78, 5) is 36.6. The number of ether oxygens (including phenoxy) is 1. The topological polar surface area (TPSA) is 121 Å². The van der Waals surface area contributed by atoms with Crippen LogP contribution in [0.3, 0.4) is 0 Å². The van der Waals surface area contributed by atoms with E-state index in [9.17, 15) is 31.5 Å². The zero-order chi connectivity index (χ0) is 32.4. The average molecular weight is 659 g/mol. The summed E-state index contributed by atoms with van der Waals surface area (Å²) < 4.78 is 69.6. The molecule has 0 aliphatic heterocycles. The number of rotatable bonds is 9. The summed E-state index contributed by atoms with van der Waals surface area (Å²) in [7, 11) is 0. The summed E-state index contributed by atoms with van der Waals surface area (Å²) in [5.74, 6) is -1.49. The zero-order valence-corrected chi connectivity index (χ0v) is 24.8. The third-order valence-corrected chi connectivity index (χ3v) is 6.78. The third-order valence-electron chi connectivity index (χ3n) is 6.03. The van der Waals surface area contributed by atoms with Gasteiger partial charge in [-0.25, -0.2) is 8.78 Å². The Morgan fingerprint density at radius 2 is 1.70 bits per heavy atom. The molecule has 0 saturated carbocycles. The molecule has 0 radical (unpaired) electrons. The maximum absolute atomic E-state index is 13.0. The third kappa shape index (κ3) is 7.85. The maximum atomic E-state index is 13.0. The quantitative estimate of drug-likeness (QED) is 0.138. The van der Waals surface area contributed by atoms with Gasteiger partial charge in [0.2, 0.25) is 17.7 Å². The van der Waals surface area contributed by atoms with E-state index in [2.05, 4.69) is 30.9 Å². The van der Waals surface area contributed by atoms with Crippen molar-refractivity contribution in [1.82, 2.24) is 20.3 Å². The predicted molar refractivity (Wildman–Crippen MR) is 156 cm³/mol. The van der Waals surface area contributed by atoms with Crippen molar-refractivity contribution in [3.63, 3.8) is 0 Å². The largest absolute Gasteiger partial charge is 0.471 e. The number of nitrogens with one attached hydrogen (secondary N) is 4. The fourth-order valence-electron chi connectivity index (χ4n) is 3.75. The Morgan fingerprint density at radius 3 is 2.32 bits per heavy atom. The first-order valence-corrected chi connectivity index (χ1v) is 13.6. The van der Waals surface area contributed by atoms with E-state index in [1.54, 1.807) is 32.9 Å². The summed E-state index contributed by atoms with van der Waals surface area (Å²) >= 11 is 12.9. The smallest absolute Gasteiger partial charge is 0.416 e. The molecular formula is C28H25Cl2F5N6O3. The van der Waals surface area contributed by atoms with Crippen LogP contribution in [0.4, 0.5) is 39.3 Å². The molecule has 0 aliphatic carbocycles. The van der Waals surface area contributed by atoms with Crippen LogP contribution in [0.5, 0.6) is 5.88 Å². The molecule has 2 aromatic carbocycles. The lowest BCUT2D eigenvalue weighted by atomic mass is 9.95. The molecule has 234 valence electrons. The number of carbonyl (C=O) groups excluding carboxylic acids is 2. The monoisotopic (exact) mass is 658 g/mol. The number of imidazole rings is 1. The Bertz CT molecular complexity index is 1690. The molecule has 0 bridgehead atoms. The van der Waals surface area contributed by atoms with Gasteiger partial charge >= 0.3 is 6.18 Å². The Morgan fingerprint density at radius 1 is 1.02 bits per heavy atom. The first kappa shape index (κ1) is 32.7. The number of benzene rings is 2.